The van der Waals surface area contributed by atoms with Gasteiger partial charge in [0, 0.05) is 25.2 Å². The summed E-state index contributed by atoms with van der Waals surface area (Å²) in [5, 5.41) is 0. The van der Waals surface area contributed by atoms with Gasteiger partial charge in [-0.1, -0.05) is 6.92 Å². The Morgan fingerprint density at radius 2 is 1.95 bits per heavy atom. The predicted octanol–water partition coefficient (Wildman–Crippen LogP) is 1.69. The smallest absolute Gasteiger partial charge is 0.253 e. The van der Waals surface area contributed by atoms with Gasteiger partial charge in [-0.3, -0.25) is 10.6 Å². The molecule has 1 aromatic carbocycles. The molecule has 0 aliphatic carbocycles. The van der Waals surface area contributed by atoms with E-state index in [9.17, 15) is 4.79 Å². The molecule has 0 saturated carbocycles. The summed E-state index contributed by atoms with van der Waals surface area (Å²) in [5.41, 5.74) is 5.16. The summed E-state index contributed by atoms with van der Waals surface area (Å²) < 4.78 is 0. The van der Waals surface area contributed by atoms with E-state index in [0.29, 0.717) is 5.56 Å². The Balaban J connectivity index is 2.85. The largest absolute Gasteiger partial charge is 0.337 e. The molecule has 0 bridgehead atoms. The van der Waals surface area contributed by atoms with Gasteiger partial charge in [-0.2, -0.15) is 0 Å². The van der Waals surface area contributed by atoms with Crippen LogP contribution in [-0.2, 0) is 0 Å². The van der Waals surface area contributed by atoms with Crippen LogP contribution in [0.2, 0.25) is 0 Å². The molecule has 0 aromatic heterocycles. The van der Waals surface area contributed by atoms with E-state index < -0.39 is 0 Å². The fourth-order valence-corrected chi connectivity index (χ4v) is 2.05. The molecule has 1 rings (SSSR count). The van der Waals surface area contributed by atoms with Crippen molar-refractivity contribution in [2.75, 3.05) is 39.2 Å². The molecule has 0 heterocycles. The maximum absolute atomic E-state index is 12.6. The van der Waals surface area contributed by atoms with E-state index in [1.165, 1.54) is 0 Å². The first-order chi connectivity index (χ1) is 9.49. The second kappa shape index (κ2) is 7.87. The lowest BCUT2D eigenvalue weighted by atomic mass is 10.1. The maximum Gasteiger partial charge on any atom is 0.253 e. The van der Waals surface area contributed by atoms with Gasteiger partial charge >= 0.3 is 0 Å². The first-order valence-corrected chi connectivity index (χ1v) is 7.00. The monoisotopic (exact) mass is 278 g/mol. The lowest BCUT2D eigenvalue weighted by Crippen LogP contribution is -2.37. The zero-order chi connectivity index (χ0) is 15.1. The number of benzene rings is 1. The molecule has 1 amide bonds. The fourth-order valence-electron chi connectivity index (χ4n) is 2.05. The highest BCUT2D eigenvalue weighted by atomic mass is 16.2. The Kier molecular flexibility index (Phi) is 6.48. The number of aryl methyl sites for hydroxylation is 1. The summed E-state index contributed by atoms with van der Waals surface area (Å²) in [7, 11) is 4.03. The third kappa shape index (κ3) is 4.51. The Morgan fingerprint density at radius 3 is 2.45 bits per heavy atom. The number of carbonyl (C=O) groups is 1. The molecule has 5 nitrogen and oxygen atoms in total. The molecular formula is C15H26N4O. The first-order valence-electron chi connectivity index (χ1n) is 7.00. The van der Waals surface area contributed by atoms with Gasteiger partial charge in [0.05, 0.1) is 5.69 Å². The van der Waals surface area contributed by atoms with Crippen molar-refractivity contribution in [3.05, 3.63) is 29.3 Å². The second-order valence-electron chi connectivity index (χ2n) is 5.27. The lowest BCUT2D eigenvalue weighted by molar-refractivity contribution is 0.0745. The van der Waals surface area contributed by atoms with Crippen molar-refractivity contribution in [3.8, 4) is 0 Å². The molecule has 0 fully saturated rings. The molecule has 0 aliphatic heterocycles. The zero-order valence-corrected chi connectivity index (χ0v) is 12.9. The summed E-state index contributed by atoms with van der Waals surface area (Å²) >= 11 is 0. The van der Waals surface area contributed by atoms with E-state index in [2.05, 4.69) is 17.2 Å². The van der Waals surface area contributed by atoms with Crippen molar-refractivity contribution < 1.29 is 4.79 Å². The number of carbonyl (C=O) groups excluding carboxylic acids is 1. The van der Waals surface area contributed by atoms with Crippen LogP contribution < -0.4 is 11.3 Å². The van der Waals surface area contributed by atoms with Gasteiger partial charge in [-0.05, 0) is 51.2 Å². The fraction of sp³-hybridized carbons (Fsp3) is 0.533. The Bertz CT molecular complexity index is 445. The van der Waals surface area contributed by atoms with Crippen LogP contribution >= 0.6 is 0 Å². The van der Waals surface area contributed by atoms with Gasteiger partial charge in [0.15, 0.2) is 0 Å². The number of nitrogen functional groups attached to an aromatic ring is 1. The summed E-state index contributed by atoms with van der Waals surface area (Å²) in [5.74, 6) is 5.50. The average Bonchev–Trinajstić information content (AvgIpc) is 2.42. The molecule has 112 valence electrons. The number of hydrogen-bond donors (Lipinski definition) is 2. The van der Waals surface area contributed by atoms with Crippen LogP contribution in [0.4, 0.5) is 5.69 Å². The molecule has 20 heavy (non-hydrogen) atoms. The van der Waals surface area contributed by atoms with Crippen LogP contribution in [0.1, 0.15) is 29.3 Å². The number of hydrogen-bond acceptors (Lipinski definition) is 4. The van der Waals surface area contributed by atoms with Crippen LogP contribution in [0.15, 0.2) is 18.2 Å². The summed E-state index contributed by atoms with van der Waals surface area (Å²) in [6.07, 6.45) is 0.959. The molecule has 0 atom stereocenters. The number of likely N-dealkylation sites (N-methyl/N-ethyl adjacent to an activating group) is 1. The Morgan fingerprint density at radius 1 is 1.25 bits per heavy atom. The zero-order valence-electron chi connectivity index (χ0n) is 12.9. The van der Waals surface area contributed by atoms with E-state index in [1.54, 1.807) is 0 Å². The highest BCUT2D eigenvalue weighted by Crippen LogP contribution is 2.16. The second-order valence-corrected chi connectivity index (χ2v) is 5.27. The minimum Gasteiger partial charge on any atom is -0.337 e. The number of amides is 1. The van der Waals surface area contributed by atoms with E-state index >= 15 is 0 Å². The first kappa shape index (κ1) is 16.5. The van der Waals surface area contributed by atoms with Crippen molar-refractivity contribution in [2.45, 2.75) is 20.3 Å². The molecule has 0 spiro atoms. The Labute approximate surface area is 121 Å². The van der Waals surface area contributed by atoms with Crippen molar-refractivity contribution in [3.63, 3.8) is 0 Å². The van der Waals surface area contributed by atoms with Crippen LogP contribution in [0.5, 0.6) is 0 Å². The number of hydrazine groups is 1. The molecule has 0 aliphatic rings. The third-order valence-electron chi connectivity index (χ3n) is 3.23. The summed E-state index contributed by atoms with van der Waals surface area (Å²) in [6, 6.07) is 5.55. The predicted molar refractivity (Wildman–Crippen MR) is 83.7 cm³/mol. The van der Waals surface area contributed by atoms with Gasteiger partial charge in [0.1, 0.15) is 0 Å². The topological polar surface area (TPSA) is 61.6 Å². The number of nitrogens with one attached hydrogen (secondary N) is 1. The summed E-state index contributed by atoms with van der Waals surface area (Å²) in [4.78, 5) is 16.5. The van der Waals surface area contributed by atoms with Crippen LogP contribution in [-0.4, -0.2) is 49.4 Å². The van der Waals surface area contributed by atoms with Gasteiger partial charge in [0.2, 0.25) is 0 Å². The van der Waals surface area contributed by atoms with Gasteiger partial charge in [-0.25, -0.2) is 0 Å². The number of rotatable bonds is 7. The molecule has 5 heteroatoms. The standard InChI is InChI=1S/C15H26N4O/c1-5-8-19(10-9-18(3)4)15(20)13-6-7-14(17-16)12(2)11-13/h6-7,11,17H,5,8-10,16H2,1-4H3. The highest BCUT2D eigenvalue weighted by molar-refractivity contribution is 5.95. The normalized spacial score (nSPS) is 10.7. The number of anilines is 1. The molecule has 3 N–H and O–H groups in total. The van der Waals surface area contributed by atoms with E-state index in [1.807, 2.05) is 44.1 Å². The highest BCUT2D eigenvalue weighted by Gasteiger charge is 2.15. The molecule has 0 unspecified atom stereocenters. The van der Waals surface area contributed by atoms with Crippen molar-refractivity contribution in [1.29, 1.82) is 0 Å². The quantitative estimate of drug-likeness (QED) is 0.588. The van der Waals surface area contributed by atoms with Crippen molar-refractivity contribution in [1.82, 2.24) is 9.80 Å². The van der Waals surface area contributed by atoms with Crippen molar-refractivity contribution >= 4 is 11.6 Å². The van der Waals surface area contributed by atoms with Crippen LogP contribution in [0.25, 0.3) is 0 Å². The Hall–Kier alpha value is -1.59. The SMILES string of the molecule is CCCN(CCN(C)C)C(=O)c1ccc(NN)c(C)c1. The van der Waals surface area contributed by atoms with Gasteiger partial charge in [0.25, 0.3) is 5.91 Å². The maximum atomic E-state index is 12.6. The average molecular weight is 278 g/mol. The van der Waals surface area contributed by atoms with Gasteiger partial charge in [-0.15, -0.1) is 0 Å². The van der Waals surface area contributed by atoms with Crippen LogP contribution in [0.3, 0.4) is 0 Å². The van der Waals surface area contributed by atoms with Crippen molar-refractivity contribution in [2.24, 2.45) is 5.84 Å². The molecule has 1 aromatic rings. The molecule has 0 radical (unpaired) electrons. The minimum absolute atomic E-state index is 0.0837. The molecular weight excluding hydrogens is 252 g/mol. The number of nitrogens with two attached hydrogens (primary N) is 1. The van der Waals surface area contributed by atoms with E-state index in [4.69, 9.17) is 5.84 Å². The summed E-state index contributed by atoms with van der Waals surface area (Å²) in [6.45, 7) is 6.42. The molecule has 0 saturated heterocycles. The minimum atomic E-state index is 0.0837. The lowest BCUT2D eigenvalue weighted by Gasteiger charge is -2.24. The van der Waals surface area contributed by atoms with E-state index in [-0.39, 0.29) is 5.91 Å². The number of nitrogens with zero attached hydrogens (tertiary/aromatic N) is 2. The van der Waals surface area contributed by atoms with E-state index in [0.717, 1.165) is 37.3 Å². The third-order valence-corrected chi connectivity index (χ3v) is 3.23. The van der Waals surface area contributed by atoms with Crippen LogP contribution in [0, 0.1) is 6.92 Å². The van der Waals surface area contributed by atoms with Gasteiger partial charge < -0.3 is 15.2 Å².